The molecule has 144 valence electrons. The van der Waals surface area contributed by atoms with Gasteiger partial charge in [0, 0.05) is 25.3 Å². The van der Waals surface area contributed by atoms with Gasteiger partial charge < -0.3 is 15.0 Å². The molecule has 1 saturated heterocycles. The van der Waals surface area contributed by atoms with Gasteiger partial charge >= 0.3 is 0 Å². The molecule has 4 nitrogen and oxygen atoms in total. The SMILES string of the molecule is O=C(COc1ccc2ccccc2c1)NCCc1ccc(N2CCCC2)cc1. The van der Waals surface area contributed by atoms with Crippen LogP contribution in [0.3, 0.4) is 0 Å². The number of rotatable bonds is 7. The lowest BCUT2D eigenvalue weighted by Crippen LogP contribution is -2.30. The smallest absolute Gasteiger partial charge is 0.257 e. The minimum Gasteiger partial charge on any atom is -0.484 e. The minimum atomic E-state index is -0.0955. The van der Waals surface area contributed by atoms with E-state index >= 15 is 0 Å². The van der Waals surface area contributed by atoms with Gasteiger partial charge in [-0.25, -0.2) is 0 Å². The summed E-state index contributed by atoms with van der Waals surface area (Å²) in [5.74, 6) is 0.619. The van der Waals surface area contributed by atoms with Gasteiger partial charge in [-0.15, -0.1) is 0 Å². The van der Waals surface area contributed by atoms with E-state index in [9.17, 15) is 4.79 Å². The topological polar surface area (TPSA) is 41.6 Å². The first-order valence-electron chi connectivity index (χ1n) is 10.0. The molecule has 0 aliphatic carbocycles. The standard InChI is InChI=1S/C24H26N2O2/c27-24(18-28-23-12-9-20-5-1-2-6-21(20)17-23)25-14-13-19-7-10-22(11-8-19)26-15-3-4-16-26/h1-2,5-12,17H,3-4,13-16,18H2,(H,25,27). The second-order valence-corrected chi connectivity index (χ2v) is 7.26. The highest BCUT2D eigenvalue weighted by molar-refractivity contribution is 5.84. The van der Waals surface area contributed by atoms with Crippen LogP contribution in [0.1, 0.15) is 18.4 Å². The van der Waals surface area contributed by atoms with Gasteiger partial charge in [0.1, 0.15) is 5.75 Å². The lowest BCUT2D eigenvalue weighted by Gasteiger charge is -2.17. The maximum Gasteiger partial charge on any atom is 0.257 e. The summed E-state index contributed by atoms with van der Waals surface area (Å²) in [5, 5.41) is 5.21. The van der Waals surface area contributed by atoms with Crippen LogP contribution in [-0.4, -0.2) is 32.1 Å². The fraction of sp³-hybridized carbons (Fsp3) is 0.292. The molecule has 4 heteroatoms. The van der Waals surface area contributed by atoms with Crippen molar-refractivity contribution in [3.63, 3.8) is 0 Å². The average Bonchev–Trinajstić information content (AvgIpc) is 3.27. The summed E-state index contributed by atoms with van der Waals surface area (Å²) in [6.45, 7) is 2.97. The molecular weight excluding hydrogens is 348 g/mol. The largest absolute Gasteiger partial charge is 0.484 e. The molecule has 0 aromatic heterocycles. The fourth-order valence-corrected chi connectivity index (χ4v) is 3.65. The molecular formula is C24H26N2O2. The van der Waals surface area contributed by atoms with Crippen molar-refractivity contribution < 1.29 is 9.53 Å². The zero-order chi connectivity index (χ0) is 19.2. The van der Waals surface area contributed by atoms with Crippen molar-refractivity contribution in [3.05, 3.63) is 72.3 Å². The quantitative estimate of drug-likeness (QED) is 0.675. The van der Waals surface area contributed by atoms with E-state index in [1.807, 2.05) is 36.4 Å². The Hall–Kier alpha value is -3.01. The zero-order valence-electron chi connectivity index (χ0n) is 16.1. The first kappa shape index (κ1) is 18.4. The number of carbonyl (C=O) groups is 1. The Bertz CT molecular complexity index is 931. The molecule has 0 atom stereocenters. The number of nitrogens with zero attached hydrogens (tertiary/aromatic N) is 1. The lowest BCUT2D eigenvalue weighted by molar-refractivity contribution is -0.123. The van der Waals surface area contributed by atoms with Crippen molar-refractivity contribution in [3.8, 4) is 5.75 Å². The molecule has 3 aromatic carbocycles. The van der Waals surface area contributed by atoms with E-state index in [2.05, 4.69) is 40.5 Å². The molecule has 1 heterocycles. The first-order chi connectivity index (χ1) is 13.8. The van der Waals surface area contributed by atoms with Crippen LogP contribution in [0.25, 0.3) is 10.8 Å². The molecule has 4 rings (SSSR count). The normalized spacial score (nSPS) is 13.6. The number of hydrogen-bond donors (Lipinski definition) is 1. The summed E-state index contributed by atoms with van der Waals surface area (Å²) in [6.07, 6.45) is 3.39. The van der Waals surface area contributed by atoms with Gasteiger partial charge in [-0.1, -0.05) is 42.5 Å². The highest BCUT2D eigenvalue weighted by Gasteiger charge is 2.11. The monoisotopic (exact) mass is 374 g/mol. The van der Waals surface area contributed by atoms with Crippen molar-refractivity contribution in [1.29, 1.82) is 0 Å². The van der Waals surface area contributed by atoms with Crippen molar-refractivity contribution in [2.75, 3.05) is 31.1 Å². The predicted molar refractivity (Wildman–Crippen MR) is 114 cm³/mol. The molecule has 0 spiro atoms. The molecule has 1 aliphatic heterocycles. The van der Waals surface area contributed by atoms with Gasteiger partial charge in [-0.2, -0.15) is 0 Å². The van der Waals surface area contributed by atoms with E-state index in [1.54, 1.807) is 0 Å². The fourth-order valence-electron chi connectivity index (χ4n) is 3.65. The third kappa shape index (κ3) is 4.63. The molecule has 0 unspecified atom stereocenters. The summed E-state index contributed by atoms with van der Waals surface area (Å²) in [4.78, 5) is 14.5. The highest BCUT2D eigenvalue weighted by Crippen LogP contribution is 2.21. The summed E-state index contributed by atoms with van der Waals surface area (Å²) >= 11 is 0. The van der Waals surface area contributed by atoms with Gasteiger partial charge in [0.25, 0.3) is 5.91 Å². The molecule has 1 fully saturated rings. The van der Waals surface area contributed by atoms with Crippen molar-refractivity contribution in [1.82, 2.24) is 5.32 Å². The Morgan fingerprint density at radius 1 is 0.929 bits per heavy atom. The summed E-state index contributed by atoms with van der Waals surface area (Å²) in [6, 6.07) is 22.7. The van der Waals surface area contributed by atoms with E-state index in [0.717, 1.165) is 30.3 Å². The Labute approximate surface area is 166 Å². The Kier molecular flexibility index (Phi) is 5.76. The molecule has 1 N–H and O–H groups in total. The van der Waals surface area contributed by atoms with Gasteiger partial charge in [-0.3, -0.25) is 4.79 Å². The Balaban J connectivity index is 1.21. The van der Waals surface area contributed by atoms with E-state index in [0.29, 0.717) is 12.3 Å². The van der Waals surface area contributed by atoms with Crippen LogP contribution in [0.4, 0.5) is 5.69 Å². The molecule has 0 radical (unpaired) electrons. The summed E-state index contributed by atoms with van der Waals surface area (Å²) in [5.41, 5.74) is 2.53. The van der Waals surface area contributed by atoms with E-state index in [1.165, 1.54) is 24.1 Å². The van der Waals surface area contributed by atoms with Crippen LogP contribution < -0.4 is 15.0 Å². The van der Waals surface area contributed by atoms with E-state index in [-0.39, 0.29) is 12.5 Å². The third-order valence-electron chi connectivity index (χ3n) is 5.23. The lowest BCUT2D eigenvalue weighted by atomic mass is 10.1. The van der Waals surface area contributed by atoms with E-state index < -0.39 is 0 Å². The number of nitrogens with one attached hydrogen (secondary N) is 1. The van der Waals surface area contributed by atoms with Crippen LogP contribution in [0.2, 0.25) is 0 Å². The van der Waals surface area contributed by atoms with Crippen LogP contribution in [0, 0.1) is 0 Å². The van der Waals surface area contributed by atoms with Crippen molar-refractivity contribution in [2.45, 2.75) is 19.3 Å². The van der Waals surface area contributed by atoms with Gasteiger partial charge in [0.15, 0.2) is 6.61 Å². The van der Waals surface area contributed by atoms with Gasteiger partial charge in [-0.05, 0) is 59.9 Å². The Morgan fingerprint density at radius 2 is 1.68 bits per heavy atom. The number of hydrogen-bond acceptors (Lipinski definition) is 3. The molecule has 0 saturated carbocycles. The predicted octanol–water partition coefficient (Wildman–Crippen LogP) is 4.18. The number of benzene rings is 3. The van der Waals surface area contributed by atoms with Crippen molar-refractivity contribution >= 4 is 22.4 Å². The summed E-state index contributed by atoms with van der Waals surface area (Å²) in [7, 11) is 0. The number of ether oxygens (including phenoxy) is 1. The molecule has 3 aromatic rings. The third-order valence-corrected chi connectivity index (χ3v) is 5.23. The zero-order valence-corrected chi connectivity index (χ0v) is 16.1. The number of fused-ring (bicyclic) bond motifs is 1. The molecule has 28 heavy (non-hydrogen) atoms. The van der Waals surface area contributed by atoms with E-state index in [4.69, 9.17) is 4.74 Å². The number of amides is 1. The van der Waals surface area contributed by atoms with Crippen LogP contribution >= 0.6 is 0 Å². The maximum atomic E-state index is 12.1. The molecule has 1 amide bonds. The molecule has 1 aliphatic rings. The van der Waals surface area contributed by atoms with Crippen molar-refractivity contribution in [2.24, 2.45) is 0 Å². The maximum absolute atomic E-state index is 12.1. The second-order valence-electron chi connectivity index (χ2n) is 7.26. The van der Waals surface area contributed by atoms with Crippen LogP contribution in [0.15, 0.2) is 66.7 Å². The summed E-state index contributed by atoms with van der Waals surface area (Å²) < 4.78 is 5.63. The first-order valence-corrected chi connectivity index (χ1v) is 10.0. The van der Waals surface area contributed by atoms with Gasteiger partial charge in [0.2, 0.25) is 0 Å². The van der Waals surface area contributed by atoms with Crippen LogP contribution in [-0.2, 0) is 11.2 Å². The molecule has 0 bridgehead atoms. The minimum absolute atomic E-state index is 0.0340. The van der Waals surface area contributed by atoms with Crippen LogP contribution in [0.5, 0.6) is 5.75 Å². The second kappa shape index (κ2) is 8.79. The highest BCUT2D eigenvalue weighted by atomic mass is 16.5. The Morgan fingerprint density at radius 3 is 2.46 bits per heavy atom. The van der Waals surface area contributed by atoms with Gasteiger partial charge in [0.05, 0.1) is 0 Å². The number of carbonyl (C=O) groups excluding carboxylic acids is 1. The average molecular weight is 374 g/mol. The number of anilines is 1.